The number of hydrogen-bond donors (Lipinski definition) is 1. The van der Waals surface area contributed by atoms with Gasteiger partial charge in [-0.25, -0.2) is 4.98 Å². The minimum Gasteiger partial charge on any atom is -0.311 e. The Balaban J connectivity index is 2.05. The van der Waals surface area contributed by atoms with Crippen LogP contribution < -0.4 is 5.32 Å². The lowest BCUT2D eigenvalue weighted by atomic mass is 10.1. The number of amides is 1. The second kappa shape index (κ2) is 6.82. The lowest BCUT2D eigenvalue weighted by Gasteiger charge is -2.10. The van der Waals surface area contributed by atoms with Crippen molar-refractivity contribution in [2.75, 3.05) is 26.0 Å². The number of nitrogens with zero attached hydrogens (tertiary/aromatic N) is 2. The summed E-state index contributed by atoms with van der Waals surface area (Å²) in [5, 5.41) is 2.83. The molecule has 0 spiro atoms. The predicted molar refractivity (Wildman–Crippen MR) is 81.5 cm³/mol. The topological polar surface area (TPSA) is 45.2 Å². The van der Waals surface area contributed by atoms with E-state index in [9.17, 15) is 4.79 Å². The number of anilines is 1. The minimum absolute atomic E-state index is 0.0172. The fourth-order valence-electron chi connectivity index (χ4n) is 1.80. The van der Waals surface area contributed by atoms with Crippen molar-refractivity contribution in [3.05, 3.63) is 48.5 Å². The smallest absolute Gasteiger partial charge is 0.226 e. The fourth-order valence-corrected chi connectivity index (χ4v) is 1.80. The molecule has 0 bridgehead atoms. The molecule has 0 saturated carbocycles. The van der Waals surface area contributed by atoms with Crippen LogP contribution in [0.25, 0.3) is 11.3 Å². The van der Waals surface area contributed by atoms with Crippen LogP contribution >= 0.6 is 0 Å². The van der Waals surface area contributed by atoms with E-state index in [1.165, 1.54) is 0 Å². The van der Waals surface area contributed by atoms with Crippen molar-refractivity contribution in [1.82, 2.24) is 9.88 Å². The van der Waals surface area contributed by atoms with Gasteiger partial charge in [0.25, 0.3) is 0 Å². The molecule has 0 aliphatic carbocycles. The zero-order chi connectivity index (χ0) is 14.4. The number of nitrogens with one attached hydrogen (secondary N) is 1. The van der Waals surface area contributed by atoms with Gasteiger partial charge in [0.1, 0.15) is 5.82 Å². The molecule has 0 fully saturated rings. The fraction of sp³-hybridized carbons (Fsp3) is 0.250. The Morgan fingerprint density at radius 2 is 1.85 bits per heavy atom. The van der Waals surface area contributed by atoms with Gasteiger partial charge in [0.2, 0.25) is 5.91 Å². The molecule has 1 aromatic heterocycles. The summed E-state index contributed by atoms with van der Waals surface area (Å²) in [6, 6.07) is 15.6. The van der Waals surface area contributed by atoms with Gasteiger partial charge in [-0.2, -0.15) is 0 Å². The third-order valence-corrected chi connectivity index (χ3v) is 2.87. The Morgan fingerprint density at radius 3 is 2.55 bits per heavy atom. The van der Waals surface area contributed by atoms with Crippen molar-refractivity contribution < 1.29 is 4.79 Å². The molecule has 1 amide bonds. The molecule has 104 valence electrons. The van der Waals surface area contributed by atoms with Gasteiger partial charge in [-0.1, -0.05) is 36.4 Å². The van der Waals surface area contributed by atoms with Crippen LogP contribution in [0.1, 0.15) is 6.42 Å². The number of hydrogen-bond acceptors (Lipinski definition) is 3. The zero-order valence-electron chi connectivity index (χ0n) is 11.8. The van der Waals surface area contributed by atoms with Crippen molar-refractivity contribution in [2.45, 2.75) is 6.42 Å². The zero-order valence-corrected chi connectivity index (χ0v) is 11.8. The van der Waals surface area contributed by atoms with E-state index >= 15 is 0 Å². The van der Waals surface area contributed by atoms with E-state index in [0.29, 0.717) is 12.2 Å². The molecule has 0 aliphatic heterocycles. The van der Waals surface area contributed by atoms with E-state index < -0.39 is 0 Å². The van der Waals surface area contributed by atoms with Gasteiger partial charge < -0.3 is 10.2 Å². The van der Waals surface area contributed by atoms with E-state index in [0.717, 1.165) is 17.8 Å². The average molecular weight is 269 g/mol. The summed E-state index contributed by atoms with van der Waals surface area (Å²) in [4.78, 5) is 18.2. The van der Waals surface area contributed by atoms with Crippen molar-refractivity contribution >= 4 is 11.7 Å². The first-order valence-electron chi connectivity index (χ1n) is 6.62. The number of pyridine rings is 1. The van der Waals surface area contributed by atoms with Crippen molar-refractivity contribution in [3.8, 4) is 11.3 Å². The summed E-state index contributed by atoms with van der Waals surface area (Å²) < 4.78 is 0. The molecular formula is C16H19N3O. The number of benzene rings is 1. The second-order valence-corrected chi connectivity index (χ2v) is 4.88. The molecule has 1 aromatic carbocycles. The number of aromatic nitrogens is 1. The van der Waals surface area contributed by atoms with Crippen LogP contribution in [0.4, 0.5) is 5.82 Å². The standard InChI is InChI=1S/C16H19N3O/c1-19(2)12-11-16(20)18-15-10-6-9-14(17-15)13-7-4-3-5-8-13/h3-10H,11-12H2,1-2H3,(H,17,18,20). The molecule has 4 nitrogen and oxygen atoms in total. The molecule has 20 heavy (non-hydrogen) atoms. The van der Waals surface area contributed by atoms with Gasteiger partial charge in [-0.05, 0) is 26.2 Å². The number of rotatable bonds is 5. The lowest BCUT2D eigenvalue weighted by Crippen LogP contribution is -2.21. The van der Waals surface area contributed by atoms with Crippen molar-refractivity contribution in [3.63, 3.8) is 0 Å². The maximum Gasteiger partial charge on any atom is 0.226 e. The monoisotopic (exact) mass is 269 g/mol. The van der Waals surface area contributed by atoms with Crippen LogP contribution in [0.2, 0.25) is 0 Å². The van der Waals surface area contributed by atoms with Crippen LogP contribution in [0.15, 0.2) is 48.5 Å². The molecule has 0 radical (unpaired) electrons. The summed E-state index contributed by atoms with van der Waals surface area (Å²) in [5.74, 6) is 0.575. The third kappa shape index (κ3) is 4.17. The van der Waals surface area contributed by atoms with E-state index in [-0.39, 0.29) is 5.91 Å². The highest BCUT2D eigenvalue weighted by Gasteiger charge is 2.05. The van der Waals surface area contributed by atoms with Gasteiger partial charge in [0.15, 0.2) is 0 Å². The number of carbonyl (C=O) groups is 1. The second-order valence-electron chi connectivity index (χ2n) is 4.88. The summed E-state index contributed by atoms with van der Waals surface area (Å²) in [5.41, 5.74) is 1.90. The molecule has 0 unspecified atom stereocenters. The van der Waals surface area contributed by atoms with E-state index in [4.69, 9.17) is 0 Å². The summed E-state index contributed by atoms with van der Waals surface area (Å²) >= 11 is 0. The maximum absolute atomic E-state index is 11.8. The highest BCUT2D eigenvalue weighted by molar-refractivity contribution is 5.90. The molecule has 2 rings (SSSR count). The van der Waals surface area contributed by atoms with Gasteiger partial charge >= 0.3 is 0 Å². The normalized spacial score (nSPS) is 10.6. The van der Waals surface area contributed by atoms with Gasteiger partial charge in [-0.3, -0.25) is 4.79 Å². The van der Waals surface area contributed by atoms with Gasteiger partial charge in [0, 0.05) is 18.5 Å². The Kier molecular flexibility index (Phi) is 4.85. The summed E-state index contributed by atoms with van der Waals surface area (Å²) in [6.07, 6.45) is 0.463. The quantitative estimate of drug-likeness (QED) is 0.907. The first-order chi connectivity index (χ1) is 9.65. The Morgan fingerprint density at radius 1 is 1.10 bits per heavy atom. The predicted octanol–water partition coefficient (Wildman–Crippen LogP) is 2.64. The first-order valence-corrected chi connectivity index (χ1v) is 6.62. The molecule has 4 heteroatoms. The van der Waals surface area contributed by atoms with Crippen molar-refractivity contribution in [1.29, 1.82) is 0 Å². The average Bonchev–Trinajstić information content (AvgIpc) is 2.46. The number of carbonyl (C=O) groups excluding carboxylic acids is 1. The Labute approximate surface area is 119 Å². The van der Waals surface area contributed by atoms with Gasteiger partial charge in [-0.15, -0.1) is 0 Å². The van der Waals surface area contributed by atoms with E-state index in [1.54, 1.807) is 6.07 Å². The molecule has 0 aliphatic rings. The molecule has 2 aromatic rings. The maximum atomic E-state index is 11.8. The lowest BCUT2D eigenvalue weighted by molar-refractivity contribution is -0.116. The highest BCUT2D eigenvalue weighted by atomic mass is 16.1. The van der Waals surface area contributed by atoms with Crippen molar-refractivity contribution in [2.24, 2.45) is 0 Å². The minimum atomic E-state index is -0.0172. The Bertz CT molecular complexity index is 567. The van der Waals surface area contributed by atoms with Crippen LogP contribution in [-0.2, 0) is 4.79 Å². The van der Waals surface area contributed by atoms with Gasteiger partial charge in [0.05, 0.1) is 5.69 Å². The molecule has 1 heterocycles. The largest absolute Gasteiger partial charge is 0.311 e. The molecule has 0 atom stereocenters. The SMILES string of the molecule is CN(C)CCC(=O)Nc1cccc(-c2ccccc2)n1. The molecule has 1 N–H and O–H groups in total. The third-order valence-electron chi connectivity index (χ3n) is 2.87. The van der Waals surface area contributed by atoms with E-state index in [1.807, 2.05) is 61.5 Å². The molecule has 0 saturated heterocycles. The highest BCUT2D eigenvalue weighted by Crippen LogP contribution is 2.18. The van der Waals surface area contributed by atoms with Crippen LogP contribution in [0.5, 0.6) is 0 Å². The van der Waals surface area contributed by atoms with E-state index in [2.05, 4.69) is 10.3 Å². The van der Waals surface area contributed by atoms with Crippen LogP contribution in [0, 0.1) is 0 Å². The van der Waals surface area contributed by atoms with Crippen LogP contribution in [-0.4, -0.2) is 36.4 Å². The molecular weight excluding hydrogens is 250 g/mol. The first kappa shape index (κ1) is 14.2. The summed E-state index contributed by atoms with van der Waals surface area (Å²) in [6.45, 7) is 0.726. The Hall–Kier alpha value is -2.20. The summed E-state index contributed by atoms with van der Waals surface area (Å²) in [7, 11) is 3.89. The van der Waals surface area contributed by atoms with Crippen LogP contribution in [0.3, 0.4) is 0 Å².